The van der Waals surface area contributed by atoms with Crippen LogP contribution in [0, 0.1) is 0 Å². The van der Waals surface area contributed by atoms with Crippen molar-refractivity contribution in [2.75, 3.05) is 6.54 Å². The molecule has 8 N–H and O–H groups in total. The Balaban J connectivity index is 4.27. The van der Waals surface area contributed by atoms with Gasteiger partial charge in [-0.2, -0.15) is 0 Å². The van der Waals surface area contributed by atoms with Gasteiger partial charge < -0.3 is 32.1 Å². The van der Waals surface area contributed by atoms with Gasteiger partial charge in [-0.05, 0) is 12.8 Å². The van der Waals surface area contributed by atoms with Crippen molar-refractivity contribution in [3.05, 3.63) is 0 Å². The SMILES string of the molecule is NC(N)=NCCC[C@H](NC(=O)CC(O)C(=O)O)C(=O)O. The molecule has 0 aliphatic carbocycles. The molecule has 0 aromatic carbocycles. The predicted molar refractivity (Wildman–Crippen MR) is 67.7 cm³/mol. The van der Waals surface area contributed by atoms with E-state index in [-0.39, 0.29) is 18.9 Å². The number of aliphatic carboxylic acids is 2. The van der Waals surface area contributed by atoms with Crippen molar-refractivity contribution in [3.63, 3.8) is 0 Å². The molecule has 1 unspecified atom stereocenters. The van der Waals surface area contributed by atoms with Crippen LogP contribution in [0.5, 0.6) is 0 Å². The lowest BCUT2D eigenvalue weighted by Gasteiger charge is -2.14. The summed E-state index contributed by atoms with van der Waals surface area (Å²) in [7, 11) is 0. The fraction of sp³-hybridized carbons (Fsp3) is 0.600. The van der Waals surface area contributed by atoms with Crippen molar-refractivity contribution < 1.29 is 29.7 Å². The molecule has 0 rings (SSSR count). The van der Waals surface area contributed by atoms with E-state index in [1.54, 1.807) is 0 Å². The molecule has 0 aliphatic heterocycles. The van der Waals surface area contributed by atoms with Gasteiger partial charge in [-0.1, -0.05) is 0 Å². The molecule has 0 fully saturated rings. The number of carboxylic acids is 2. The van der Waals surface area contributed by atoms with Crippen molar-refractivity contribution in [1.82, 2.24) is 5.32 Å². The van der Waals surface area contributed by atoms with Crippen LogP contribution in [0.25, 0.3) is 0 Å². The van der Waals surface area contributed by atoms with E-state index in [0.29, 0.717) is 6.42 Å². The van der Waals surface area contributed by atoms with Crippen LogP contribution in [0.1, 0.15) is 19.3 Å². The molecule has 0 aromatic rings. The van der Waals surface area contributed by atoms with Crippen molar-refractivity contribution >= 4 is 23.8 Å². The fourth-order valence-electron chi connectivity index (χ4n) is 1.28. The second-order valence-electron chi connectivity index (χ2n) is 3.97. The third-order valence-corrected chi connectivity index (χ3v) is 2.24. The predicted octanol–water partition coefficient (Wildman–Crippen LogP) is -2.55. The van der Waals surface area contributed by atoms with E-state index < -0.39 is 36.4 Å². The van der Waals surface area contributed by atoms with Crippen LogP contribution in [0.4, 0.5) is 0 Å². The second kappa shape index (κ2) is 8.69. The maximum absolute atomic E-state index is 11.3. The third kappa shape index (κ3) is 7.87. The van der Waals surface area contributed by atoms with Crippen LogP contribution in [0.3, 0.4) is 0 Å². The lowest BCUT2D eigenvalue weighted by Crippen LogP contribution is -2.42. The molecule has 10 heteroatoms. The standard InChI is InChI=1S/C10H18N4O6/c11-10(12)13-3-1-2-5(8(17)18)14-7(16)4-6(15)9(19)20/h5-6,15H,1-4H2,(H,14,16)(H,17,18)(H,19,20)(H4,11,12,13)/t5-,6?/m0/s1. The lowest BCUT2D eigenvalue weighted by atomic mass is 10.1. The summed E-state index contributed by atoms with van der Waals surface area (Å²) in [6.07, 6.45) is -2.20. The Hall–Kier alpha value is -2.36. The molecular weight excluding hydrogens is 272 g/mol. The summed E-state index contributed by atoms with van der Waals surface area (Å²) in [6.45, 7) is 0.208. The zero-order chi connectivity index (χ0) is 15.7. The summed E-state index contributed by atoms with van der Waals surface area (Å²) >= 11 is 0. The number of nitrogens with zero attached hydrogens (tertiary/aromatic N) is 1. The number of carbonyl (C=O) groups is 3. The molecule has 10 nitrogen and oxygen atoms in total. The molecule has 20 heavy (non-hydrogen) atoms. The normalized spacial score (nSPS) is 13.1. The average molecular weight is 290 g/mol. The molecule has 2 atom stereocenters. The number of nitrogens with two attached hydrogens (primary N) is 2. The summed E-state index contributed by atoms with van der Waals surface area (Å²) in [5.41, 5.74) is 10.2. The van der Waals surface area contributed by atoms with E-state index in [0.717, 1.165) is 0 Å². The van der Waals surface area contributed by atoms with Gasteiger partial charge >= 0.3 is 11.9 Å². The number of aliphatic hydroxyl groups is 1. The number of hydrogen-bond donors (Lipinski definition) is 6. The molecule has 0 saturated carbocycles. The molecule has 0 radical (unpaired) electrons. The van der Waals surface area contributed by atoms with Crippen molar-refractivity contribution in [1.29, 1.82) is 0 Å². The maximum atomic E-state index is 11.3. The minimum Gasteiger partial charge on any atom is -0.480 e. The zero-order valence-electron chi connectivity index (χ0n) is 10.7. The summed E-state index contributed by atoms with van der Waals surface area (Å²) < 4.78 is 0. The topological polar surface area (TPSA) is 188 Å². The number of rotatable bonds is 9. The first-order valence-electron chi connectivity index (χ1n) is 5.72. The first-order chi connectivity index (χ1) is 9.23. The van der Waals surface area contributed by atoms with Gasteiger partial charge in [0.25, 0.3) is 0 Å². The number of nitrogens with one attached hydrogen (secondary N) is 1. The lowest BCUT2D eigenvalue weighted by molar-refractivity contribution is -0.149. The molecule has 0 heterocycles. The molecule has 0 aliphatic rings. The van der Waals surface area contributed by atoms with Gasteiger partial charge in [0.05, 0.1) is 6.42 Å². The van der Waals surface area contributed by atoms with Gasteiger partial charge in [0.15, 0.2) is 12.1 Å². The number of guanidine groups is 1. The molecule has 0 spiro atoms. The Morgan fingerprint density at radius 1 is 1.15 bits per heavy atom. The number of aliphatic hydroxyl groups excluding tert-OH is 1. The number of aliphatic imine (C=N–C) groups is 1. The summed E-state index contributed by atoms with van der Waals surface area (Å²) in [4.78, 5) is 36.3. The Labute approximate surface area is 114 Å². The Morgan fingerprint density at radius 2 is 1.75 bits per heavy atom. The van der Waals surface area contributed by atoms with Crippen LogP contribution in [0.2, 0.25) is 0 Å². The molecule has 1 amide bonds. The Bertz CT molecular complexity index is 393. The zero-order valence-corrected chi connectivity index (χ0v) is 10.7. The van der Waals surface area contributed by atoms with Gasteiger partial charge in [0.2, 0.25) is 5.91 Å². The monoisotopic (exact) mass is 290 g/mol. The van der Waals surface area contributed by atoms with Gasteiger partial charge in [-0.25, -0.2) is 9.59 Å². The van der Waals surface area contributed by atoms with Gasteiger partial charge in [-0.15, -0.1) is 0 Å². The summed E-state index contributed by atoms with van der Waals surface area (Å²) in [6, 6.07) is -1.20. The third-order valence-electron chi connectivity index (χ3n) is 2.24. The van der Waals surface area contributed by atoms with E-state index in [4.69, 9.17) is 26.8 Å². The highest BCUT2D eigenvalue weighted by molar-refractivity contribution is 5.87. The Morgan fingerprint density at radius 3 is 2.20 bits per heavy atom. The highest BCUT2D eigenvalue weighted by Crippen LogP contribution is 2.00. The van der Waals surface area contributed by atoms with E-state index in [1.807, 2.05) is 0 Å². The van der Waals surface area contributed by atoms with E-state index >= 15 is 0 Å². The quantitative estimate of drug-likeness (QED) is 0.152. The van der Waals surface area contributed by atoms with E-state index in [2.05, 4.69) is 10.3 Å². The minimum atomic E-state index is -1.87. The van der Waals surface area contributed by atoms with Crippen LogP contribution >= 0.6 is 0 Å². The highest BCUT2D eigenvalue weighted by atomic mass is 16.4. The number of carbonyl (C=O) groups excluding carboxylic acids is 1. The van der Waals surface area contributed by atoms with E-state index in [9.17, 15) is 14.4 Å². The number of amides is 1. The first-order valence-corrected chi connectivity index (χ1v) is 5.72. The number of carboxylic acid groups (broad SMARTS) is 2. The van der Waals surface area contributed by atoms with Crippen LogP contribution in [-0.4, -0.2) is 57.8 Å². The second-order valence-corrected chi connectivity index (χ2v) is 3.97. The largest absolute Gasteiger partial charge is 0.480 e. The molecule has 114 valence electrons. The Kier molecular flexibility index (Phi) is 7.67. The minimum absolute atomic E-state index is 0.0705. The van der Waals surface area contributed by atoms with Crippen molar-refractivity contribution in [2.24, 2.45) is 16.5 Å². The fourth-order valence-corrected chi connectivity index (χ4v) is 1.28. The van der Waals surface area contributed by atoms with Crippen molar-refractivity contribution in [2.45, 2.75) is 31.4 Å². The molecule has 0 bridgehead atoms. The molecular formula is C10H18N4O6. The van der Waals surface area contributed by atoms with Gasteiger partial charge in [-0.3, -0.25) is 9.79 Å². The van der Waals surface area contributed by atoms with Crippen molar-refractivity contribution in [3.8, 4) is 0 Å². The van der Waals surface area contributed by atoms with Gasteiger partial charge in [0.1, 0.15) is 6.04 Å². The molecule has 0 aromatic heterocycles. The smallest absolute Gasteiger partial charge is 0.333 e. The van der Waals surface area contributed by atoms with E-state index in [1.165, 1.54) is 0 Å². The summed E-state index contributed by atoms with van der Waals surface area (Å²) in [5.74, 6) is -3.81. The van der Waals surface area contributed by atoms with Crippen LogP contribution < -0.4 is 16.8 Å². The van der Waals surface area contributed by atoms with Crippen LogP contribution in [0.15, 0.2) is 4.99 Å². The highest BCUT2D eigenvalue weighted by Gasteiger charge is 2.23. The summed E-state index contributed by atoms with van der Waals surface area (Å²) in [5, 5.41) is 28.4. The average Bonchev–Trinajstić information content (AvgIpc) is 2.32. The van der Waals surface area contributed by atoms with Gasteiger partial charge in [0, 0.05) is 6.54 Å². The maximum Gasteiger partial charge on any atom is 0.333 e. The van der Waals surface area contributed by atoms with Crippen LogP contribution in [-0.2, 0) is 14.4 Å². The first kappa shape index (κ1) is 17.6. The molecule has 0 saturated heterocycles. The number of hydrogen-bond acceptors (Lipinski definition) is 5.